The van der Waals surface area contributed by atoms with Crippen LogP contribution in [0.15, 0.2) is 42.7 Å². The molecule has 0 aliphatic rings. The molecule has 0 amide bonds. The van der Waals surface area contributed by atoms with Crippen LogP contribution in [-0.2, 0) is 9.53 Å². The van der Waals surface area contributed by atoms with Gasteiger partial charge >= 0.3 is 5.97 Å². The molecule has 2 aromatic rings. The largest absolute Gasteiger partial charge is 0.468 e. The Bertz CT molecular complexity index is 778. The van der Waals surface area contributed by atoms with E-state index in [0.29, 0.717) is 0 Å². The second-order valence-electron chi connectivity index (χ2n) is 4.49. The van der Waals surface area contributed by atoms with Crippen LogP contribution in [0.1, 0.15) is 21.8 Å². The molecule has 118 valence electrons. The summed E-state index contributed by atoms with van der Waals surface area (Å²) in [6.07, 6.45) is 2.12. The summed E-state index contributed by atoms with van der Waals surface area (Å²) in [4.78, 5) is 38.5. The van der Waals surface area contributed by atoms with Crippen molar-refractivity contribution in [2.75, 3.05) is 7.11 Å². The molecule has 0 fully saturated rings. The van der Waals surface area contributed by atoms with E-state index in [1.165, 1.54) is 30.5 Å². The highest BCUT2D eigenvalue weighted by atomic mass is 19.1. The lowest BCUT2D eigenvalue weighted by atomic mass is 9.90. The molecule has 0 N–H and O–H groups in total. The molecule has 23 heavy (non-hydrogen) atoms. The molecule has 0 aliphatic carbocycles. The number of hydrogen-bond acceptors (Lipinski definition) is 6. The molecule has 8 heteroatoms. The maximum absolute atomic E-state index is 13.8. The molecule has 0 saturated carbocycles. The minimum atomic E-state index is -1.65. The summed E-state index contributed by atoms with van der Waals surface area (Å²) >= 11 is 0. The number of carbonyl (C=O) groups is 2. The van der Waals surface area contributed by atoms with E-state index < -0.39 is 34.1 Å². The van der Waals surface area contributed by atoms with Gasteiger partial charge in [0.15, 0.2) is 11.7 Å². The highest BCUT2D eigenvalue weighted by Crippen LogP contribution is 2.30. The first-order chi connectivity index (χ1) is 11.0. The Morgan fingerprint density at radius 2 is 2.00 bits per heavy atom. The Balaban J connectivity index is 2.60. The zero-order valence-corrected chi connectivity index (χ0v) is 11.9. The molecule has 0 bridgehead atoms. The van der Waals surface area contributed by atoms with Gasteiger partial charge in [0.1, 0.15) is 12.0 Å². The molecule has 0 aliphatic heterocycles. The molecule has 7 nitrogen and oxygen atoms in total. The lowest BCUT2D eigenvalue weighted by Crippen LogP contribution is -2.25. The molecule has 2 rings (SSSR count). The van der Waals surface area contributed by atoms with Crippen LogP contribution >= 0.6 is 0 Å². The number of nitrogens with zero attached hydrogens (tertiary/aromatic N) is 2. The first-order valence-corrected chi connectivity index (χ1v) is 6.42. The van der Waals surface area contributed by atoms with E-state index in [-0.39, 0.29) is 11.1 Å². The zero-order chi connectivity index (χ0) is 17.0. The number of benzene rings is 1. The van der Waals surface area contributed by atoms with Gasteiger partial charge in [0, 0.05) is 6.20 Å². The summed E-state index contributed by atoms with van der Waals surface area (Å²) < 4.78 is 18.4. The van der Waals surface area contributed by atoms with Crippen molar-refractivity contribution in [3.63, 3.8) is 0 Å². The second kappa shape index (κ2) is 6.73. The van der Waals surface area contributed by atoms with Crippen LogP contribution in [0.4, 0.5) is 10.1 Å². The van der Waals surface area contributed by atoms with E-state index >= 15 is 0 Å². The monoisotopic (exact) mass is 318 g/mol. The van der Waals surface area contributed by atoms with Gasteiger partial charge in [-0.15, -0.1) is 0 Å². The van der Waals surface area contributed by atoms with E-state index in [4.69, 9.17) is 0 Å². The van der Waals surface area contributed by atoms with Crippen molar-refractivity contribution in [3.8, 4) is 0 Å². The van der Waals surface area contributed by atoms with E-state index in [9.17, 15) is 24.1 Å². The van der Waals surface area contributed by atoms with Crippen LogP contribution in [0.25, 0.3) is 0 Å². The Morgan fingerprint density at radius 1 is 1.30 bits per heavy atom. The van der Waals surface area contributed by atoms with Crippen LogP contribution < -0.4 is 0 Å². The Kier molecular flexibility index (Phi) is 4.75. The zero-order valence-electron chi connectivity index (χ0n) is 11.9. The minimum Gasteiger partial charge on any atom is -0.468 e. The average molecular weight is 318 g/mol. The fourth-order valence-corrected chi connectivity index (χ4v) is 2.10. The lowest BCUT2D eigenvalue weighted by molar-refractivity contribution is -0.385. The number of Topliss-reactive ketones (excluding diaryl/α,β-unsaturated/α-hetero) is 1. The third-order valence-electron chi connectivity index (χ3n) is 3.18. The topological polar surface area (TPSA) is 99.4 Å². The highest BCUT2D eigenvalue weighted by molar-refractivity contribution is 6.13. The van der Waals surface area contributed by atoms with Crippen LogP contribution in [-0.4, -0.2) is 28.8 Å². The van der Waals surface area contributed by atoms with Gasteiger partial charge < -0.3 is 4.74 Å². The Hall–Kier alpha value is -3.16. The molecule has 0 spiro atoms. The molecule has 1 atom stereocenters. The highest BCUT2D eigenvalue weighted by Gasteiger charge is 2.36. The summed E-state index contributed by atoms with van der Waals surface area (Å²) in [6, 6.07) is 6.22. The van der Waals surface area contributed by atoms with Crippen molar-refractivity contribution >= 4 is 17.4 Å². The number of ether oxygens (including phenoxy) is 1. The summed E-state index contributed by atoms with van der Waals surface area (Å²) in [5.74, 6) is -4.43. The van der Waals surface area contributed by atoms with Gasteiger partial charge in [-0.2, -0.15) is 0 Å². The molecule has 1 unspecified atom stereocenters. The van der Waals surface area contributed by atoms with Gasteiger partial charge in [0.2, 0.25) is 0 Å². The Labute approximate surface area is 129 Å². The summed E-state index contributed by atoms with van der Waals surface area (Å²) in [5, 5.41) is 11.1. The number of ketones is 1. The summed E-state index contributed by atoms with van der Waals surface area (Å²) in [5.41, 5.74) is -1.08. The Morgan fingerprint density at radius 3 is 2.61 bits per heavy atom. The van der Waals surface area contributed by atoms with E-state index in [0.717, 1.165) is 19.4 Å². The van der Waals surface area contributed by atoms with Crippen molar-refractivity contribution in [1.82, 2.24) is 4.98 Å². The standard InChI is InChI=1S/C15H11FN2O5/c1-23-15(20)13(10-6-7-17-8-12(10)18(21)22)14(19)9-4-2-3-5-11(9)16/h2-8,13H,1H3. The van der Waals surface area contributed by atoms with Gasteiger partial charge in [-0.05, 0) is 18.2 Å². The second-order valence-corrected chi connectivity index (χ2v) is 4.49. The van der Waals surface area contributed by atoms with E-state index in [1.54, 1.807) is 0 Å². The summed E-state index contributed by atoms with van der Waals surface area (Å²) in [7, 11) is 1.04. The molecule has 1 heterocycles. The predicted molar refractivity (Wildman–Crippen MR) is 76.4 cm³/mol. The molecule has 1 aromatic carbocycles. The predicted octanol–water partition coefficient (Wildman–Crippen LogP) is 2.27. The van der Waals surface area contributed by atoms with Gasteiger partial charge in [-0.3, -0.25) is 24.7 Å². The number of hydrogen-bond donors (Lipinski definition) is 0. The number of pyridine rings is 1. The van der Waals surface area contributed by atoms with Gasteiger partial charge in [0.05, 0.1) is 23.2 Å². The maximum atomic E-state index is 13.8. The molecule has 1 aromatic heterocycles. The molecule has 0 saturated heterocycles. The average Bonchev–Trinajstić information content (AvgIpc) is 2.55. The molecule has 0 radical (unpaired) electrons. The third-order valence-corrected chi connectivity index (χ3v) is 3.18. The van der Waals surface area contributed by atoms with Gasteiger partial charge in [-0.25, -0.2) is 4.39 Å². The quantitative estimate of drug-likeness (QED) is 0.276. The smallest absolute Gasteiger partial charge is 0.321 e. The first-order valence-electron chi connectivity index (χ1n) is 6.42. The van der Waals surface area contributed by atoms with Crippen LogP contribution in [0.3, 0.4) is 0 Å². The fraction of sp³-hybridized carbons (Fsp3) is 0.133. The number of rotatable bonds is 5. The number of methoxy groups -OCH3 is 1. The maximum Gasteiger partial charge on any atom is 0.321 e. The number of carbonyl (C=O) groups excluding carboxylic acids is 2. The van der Waals surface area contributed by atoms with Crippen molar-refractivity contribution in [3.05, 3.63) is 69.8 Å². The van der Waals surface area contributed by atoms with Crippen LogP contribution in [0.2, 0.25) is 0 Å². The summed E-state index contributed by atoms with van der Waals surface area (Å²) in [6.45, 7) is 0. The van der Waals surface area contributed by atoms with Gasteiger partial charge in [-0.1, -0.05) is 12.1 Å². The van der Waals surface area contributed by atoms with E-state index in [2.05, 4.69) is 9.72 Å². The van der Waals surface area contributed by atoms with Crippen molar-refractivity contribution < 1.29 is 23.6 Å². The lowest BCUT2D eigenvalue weighted by Gasteiger charge is -2.14. The molecular weight excluding hydrogens is 307 g/mol. The first kappa shape index (κ1) is 16.2. The number of aromatic nitrogens is 1. The SMILES string of the molecule is COC(=O)C(C(=O)c1ccccc1F)c1ccncc1[N+](=O)[O-]. The van der Waals surface area contributed by atoms with Gasteiger partial charge in [0.25, 0.3) is 5.69 Å². The van der Waals surface area contributed by atoms with Crippen molar-refractivity contribution in [2.24, 2.45) is 0 Å². The fourth-order valence-electron chi connectivity index (χ4n) is 2.10. The molecular formula is C15H11FN2O5. The van der Waals surface area contributed by atoms with Crippen molar-refractivity contribution in [1.29, 1.82) is 0 Å². The van der Waals surface area contributed by atoms with Crippen LogP contribution in [0.5, 0.6) is 0 Å². The number of halogens is 1. The number of nitro groups is 1. The van der Waals surface area contributed by atoms with Crippen LogP contribution in [0, 0.1) is 15.9 Å². The number of esters is 1. The normalized spacial score (nSPS) is 11.6. The minimum absolute atomic E-state index is 0.204. The van der Waals surface area contributed by atoms with E-state index in [1.807, 2.05) is 0 Å². The van der Waals surface area contributed by atoms with Crippen molar-refractivity contribution in [2.45, 2.75) is 5.92 Å². The third kappa shape index (κ3) is 3.20.